The lowest BCUT2D eigenvalue weighted by Gasteiger charge is -2.02. The van der Waals surface area contributed by atoms with Crippen molar-refractivity contribution in [1.29, 1.82) is 0 Å². The van der Waals surface area contributed by atoms with Gasteiger partial charge in [-0.1, -0.05) is 0 Å². The van der Waals surface area contributed by atoms with Crippen LogP contribution in [0.25, 0.3) is 11.0 Å². The molecular formula is C8H9ClN4O. The molecule has 0 aliphatic carbocycles. The Balaban J connectivity index is 2.70. The number of hydrogen-bond donors (Lipinski definition) is 1. The molecule has 0 aliphatic heterocycles. The fourth-order valence-corrected chi connectivity index (χ4v) is 1.40. The zero-order valence-electron chi connectivity index (χ0n) is 7.83. The summed E-state index contributed by atoms with van der Waals surface area (Å²) in [7, 11) is 0. The molecule has 0 aliphatic rings. The van der Waals surface area contributed by atoms with Gasteiger partial charge in [-0.2, -0.15) is 15.1 Å². The van der Waals surface area contributed by atoms with Crippen LogP contribution < -0.4 is 4.74 Å². The van der Waals surface area contributed by atoms with E-state index in [1.54, 1.807) is 0 Å². The topological polar surface area (TPSA) is 63.7 Å². The fraction of sp³-hybridized carbons (Fsp3) is 0.375. The van der Waals surface area contributed by atoms with Crippen LogP contribution in [0.3, 0.4) is 0 Å². The highest BCUT2D eigenvalue weighted by atomic mass is 35.5. The molecule has 6 heteroatoms. The van der Waals surface area contributed by atoms with E-state index in [1.807, 2.05) is 13.8 Å². The van der Waals surface area contributed by atoms with Crippen LogP contribution in [-0.4, -0.2) is 26.8 Å². The van der Waals surface area contributed by atoms with Gasteiger partial charge in [-0.25, -0.2) is 0 Å². The molecule has 0 radical (unpaired) electrons. The Bertz CT molecular complexity index is 468. The largest absolute Gasteiger partial charge is 0.477 e. The van der Waals surface area contributed by atoms with Crippen molar-refractivity contribution >= 4 is 22.6 Å². The van der Waals surface area contributed by atoms with Crippen LogP contribution in [-0.2, 0) is 0 Å². The average Bonchev–Trinajstić information content (AvgIpc) is 2.48. The summed E-state index contributed by atoms with van der Waals surface area (Å²) in [5.41, 5.74) is 1.41. The van der Waals surface area contributed by atoms with E-state index in [4.69, 9.17) is 16.3 Å². The van der Waals surface area contributed by atoms with Crippen LogP contribution >= 0.6 is 11.6 Å². The lowest BCUT2D eigenvalue weighted by Crippen LogP contribution is -1.97. The summed E-state index contributed by atoms with van der Waals surface area (Å²) < 4.78 is 5.34. The second kappa shape index (κ2) is 3.42. The summed E-state index contributed by atoms with van der Waals surface area (Å²) in [6, 6.07) is 0. The standard InChI is InChI=1S/C8H9ClN4O/c1-3-14-7-5-4(2)12-13-6(5)10-8(9)11-7/h3H2,1-2H3,(H,10,11,12,13). The van der Waals surface area contributed by atoms with Gasteiger partial charge in [0.15, 0.2) is 5.65 Å². The van der Waals surface area contributed by atoms with E-state index in [-0.39, 0.29) is 5.28 Å². The van der Waals surface area contributed by atoms with E-state index in [2.05, 4.69) is 20.2 Å². The molecule has 74 valence electrons. The molecule has 0 fully saturated rings. The molecule has 0 aromatic carbocycles. The van der Waals surface area contributed by atoms with Crippen molar-refractivity contribution in [1.82, 2.24) is 20.2 Å². The molecule has 1 N–H and O–H groups in total. The Kier molecular flexibility index (Phi) is 2.25. The molecule has 0 spiro atoms. The third kappa shape index (κ3) is 1.39. The van der Waals surface area contributed by atoms with Crippen molar-refractivity contribution in [3.05, 3.63) is 11.0 Å². The molecule has 0 atom stereocenters. The van der Waals surface area contributed by atoms with Crippen LogP contribution in [0.5, 0.6) is 5.88 Å². The maximum absolute atomic E-state index is 5.71. The van der Waals surface area contributed by atoms with Gasteiger partial charge in [0.25, 0.3) is 0 Å². The quantitative estimate of drug-likeness (QED) is 0.770. The van der Waals surface area contributed by atoms with Crippen molar-refractivity contribution in [3.63, 3.8) is 0 Å². The summed E-state index contributed by atoms with van der Waals surface area (Å²) >= 11 is 5.71. The Morgan fingerprint density at radius 3 is 2.93 bits per heavy atom. The zero-order valence-corrected chi connectivity index (χ0v) is 8.59. The van der Waals surface area contributed by atoms with Gasteiger partial charge in [0.05, 0.1) is 6.61 Å². The number of fused-ring (bicyclic) bond motifs is 1. The normalized spacial score (nSPS) is 10.8. The summed E-state index contributed by atoms with van der Waals surface area (Å²) in [5.74, 6) is 0.480. The Labute approximate surface area is 85.5 Å². The molecule has 5 nitrogen and oxygen atoms in total. The number of nitrogens with one attached hydrogen (secondary N) is 1. The lowest BCUT2D eigenvalue weighted by molar-refractivity contribution is 0.331. The number of H-pyrrole nitrogens is 1. The Morgan fingerprint density at radius 1 is 1.43 bits per heavy atom. The molecule has 0 bridgehead atoms. The molecule has 2 aromatic heterocycles. The number of aryl methyl sites for hydroxylation is 1. The second-order valence-electron chi connectivity index (χ2n) is 2.78. The highest BCUT2D eigenvalue weighted by molar-refractivity contribution is 6.28. The van der Waals surface area contributed by atoms with E-state index in [0.29, 0.717) is 18.1 Å². The third-order valence-corrected chi connectivity index (χ3v) is 1.98. The maximum atomic E-state index is 5.71. The minimum absolute atomic E-state index is 0.146. The van der Waals surface area contributed by atoms with Crippen molar-refractivity contribution < 1.29 is 4.74 Å². The van der Waals surface area contributed by atoms with E-state index in [0.717, 1.165) is 11.1 Å². The number of halogens is 1. The summed E-state index contributed by atoms with van der Waals surface area (Å²) in [5, 5.41) is 7.73. The first-order valence-electron chi connectivity index (χ1n) is 4.23. The average molecular weight is 213 g/mol. The zero-order chi connectivity index (χ0) is 10.1. The van der Waals surface area contributed by atoms with Crippen LogP contribution in [0.15, 0.2) is 0 Å². The summed E-state index contributed by atoms with van der Waals surface area (Å²) in [4.78, 5) is 7.97. The van der Waals surface area contributed by atoms with Gasteiger partial charge in [-0.05, 0) is 25.4 Å². The van der Waals surface area contributed by atoms with Gasteiger partial charge in [-0.3, -0.25) is 5.10 Å². The fourth-order valence-electron chi connectivity index (χ4n) is 1.25. The molecule has 0 saturated heterocycles. The molecule has 2 heterocycles. The molecular weight excluding hydrogens is 204 g/mol. The van der Waals surface area contributed by atoms with Crippen molar-refractivity contribution in [2.45, 2.75) is 13.8 Å². The minimum Gasteiger partial charge on any atom is -0.477 e. The third-order valence-electron chi connectivity index (χ3n) is 1.81. The highest BCUT2D eigenvalue weighted by Crippen LogP contribution is 2.24. The van der Waals surface area contributed by atoms with Crippen LogP contribution in [0.1, 0.15) is 12.6 Å². The Morgan fingerprint density at radius 2 is 2.21 bits per heavy atom. The van der Waals surface area contributed by atoms with Gasteiger partial charge in [0, 0.05) is 5.69 Å². The van der Waals surface area contributed by atoms with Crippen LogP contribution in [0.4, 0.5) is 0 Å². The van der Waals surface area contributed by atoms with Gasteiger partial charge < -0.3 is 4.74 Å². The van der Waals surface area contributed by atoms with Gasteiger partial charge >= 0.3 is 0 Å². The van der Waals surface area contributed by atoms with Crippen LogP contribution in [0, 0.1) is 6.92 Å². The predicted molar refractivity (Wildman–Crippen MR) is 52.6 cm³/mol. The van der Waals surface area contributed by atoms with Crippen molar-refractivity contribution in [2.75, 3.05) is 6.61 Å². The number of rotatable bonds is 2. The monoisotopic (exact) mass is 212 g/mol. The van der Waals surface area contributed by atoms with E-state index in [9.17, 15) is 0 Å². The second-order valence-corrected chi connectivity index (χ2v) is 3.12. The number of aromatic amines is 1. The molecule has 14 heavy (non-hydrogen) atoms. The molecule has 2 rings (SSSR count). The Hall–Kier alpha value is -1.36. The number of nitrogens with zero attached hydrogens (tertiary/aromatic N) is 3. The SMILES string of the molecule is CCOc1nc(Cl)nc2n[nH]c(C)c12. The van der Waals surface area contributed by atoms with E-state index in [1.165, 1.54) is 0 Å². The first-order chi connectivity index (χ1) is 6.72. The van der Waals surface area contributed by atoms with Gasteiger partial charge in [0.1, 0.15) is 5.39 Å². The summed E-state index contributed by atoms with van der Waals surface area (Å²) in [6.07, 6.45) is 0. The minimum atomic E-state index is 0.146. The first kappa shape index (κ1) is 9.21. The highest BCUT2D eigenvalue weighted by Gasteiger charge is 2.12. The lowest BCUT2D eigenvalue weighted by atomic mass is 10.3. The first-order valence-corrected chi connectivity index (χ1v) is 4.61. The maximum Gasteiger partial charge on any atom is 0.229 e. The molecule has 0 saturated carbocycles. The van der Waals surface area contributed by atoms with E-state index >= 15 is 0 Å². The van der Waals surface area contributed by atoms with Gasteiger partial charge in [0.2, 0.25) is 11.2 Å². The summed E-state index contributed by atoms with van der Waals surface area (Å²) in [6.45, 7) is 4.31. The smallest absolute Gasteiger partial charge is 0.229 e. The molecule has 0 amide bonds. The van der Waals surface area contributed by atoms with Gasteiger partial charge in [-0.15, -0.1) is 0 Å². The van der Waals surface area contributed by atoms with Crippen molar-refractivity contribution in [3.8, 4) is 5.88 Å². The molecule has 0 unspecified atom stereocenters. The van der Waals surface area contributed by atoms with Crippen LogP contribution in [0.2, 0.25) is 5.28 Å². The van der Waals surface area contributed by atoms with Crippen molar-refractivity contribution in [2.24, 2.45) is 0 Å². The molecule has 2 aromatic rings. The number of aromatic nitrogens is 4. The number of hydrogen-bond acceptors (Lipinski definition) is 4. The number of ether oxygens (including phenoxy) is 1. The predicted octanol–water partition coefficient (Wildman–Crippen LogP) is 1.71. The van der Waals surface area contributed by atoms with E-state index < -0.39 is 0 Å².